The molecule has 5 nitrogen and oxygen atoms in total. The van der Waals surface area contributed by atoms with Crippen molar-refractivity contribution in [1.82, 2.24) is 15.1 Å². The summed E-state index contributed by atoms with van der Waals surface area (Å²) < 4.78 is 47.6. The maximum absolute atomic E-state index is 13.8. The average molecular weight is 422 g/mol. The largest absolute Gasteiger partial charge is 0.493 e. The lowest BCUT2D eigenvalue weighted by Crippen LogP contribution is -2.33. The van der Waals surface area contributed by atoms with Crippen molar-refractivity contribution in [2.45, 2.75) is 18.6 Å². The molecular weight excluding hydrogens is 407 g/mol. The highest BCUT2D eigenvalue weighted by Crippen LogP contribution is 2.35. The van der Waals surface area contributed by atoms with Crippen LogP contribution in [0.3, 0.4) is 0 Å². The molecule has 2 aromatic carbocycles. The highest BCUT2D eigenvalue weighted by molar-refractivity contribution is 6.30. The zero-order valence-electron chi connectivity index (χ0n) is 14.9. The first kappa shape index (κ1) is 19.3. The van der Waals surface area contributed by atoms with Gasteiger partial charge < -0.3 is 10.1 Å². The molecule has 2 heterocycles. The monoisotopic (exact) mass is 421 g/mol. The number of alkyl halides is 3. The van der Waals surface area contributed by atoms with E-state index in [2.05, 4.69) is 10.4 Å². The summed E-state index contributed by atoms with van der Waals surface area (Å²) >= 11 is 5.89. The van der Waals surface area contributed by atoms with E-state index in [4.69, 9.17) is 16.3 Å². The molecule has 0 saturated heterocycles. The summed E-state index contributed by atoms with van der Waals surface area (Å²) in [5.41, 5.74) is -0.873. The molecule has 29 heavy (non-hydrogen) atoms. The highest BCUT2D eigenvalue weighted by Gasteiger charge is 2.41. The van der Waals surface area contributed by atoms with E-state index < -0.39 is 29.4 Å². The van der Waals surface area contributed by atoms with E-state index in [0.29, 0.717) is 23.5 Å². The third-order valence-corrected chi connectivity index (χ3v) is 4.83. The van der Waals surface area contributed by atoms with Crippen molar-refractivity contribution in [1.29, 1.82) is 0 Å². The van der Waals surface area contributed by atoms with Crippen molar-refractivity contribution in [2.24, 2.45) is 0 Å². The van der Waals surface area contributed by atoms with Crippen LogP contribution in [0.5, 0.6) is 5.75 Å². The molecule has 1 atom stereocenters. The number of ether oxygens (including phenoxy) is 1. The SMILES string of the molecule is O=C(NC1CCOc2ccccc21)c1cnn(-c2cccc(Cl)c2)c1C(F)(F)F. The van der Waals surface area contributed by atoms with E-state index in [1.54, 1.807) is 24.3 Å². The number of aromatic nitrogens is 2. The standard InChI is InChI=1S/C20H15ClF3N3O2/c21-12-4-3-5-13(10-12)27-18(20(22,23)24)15(11-25-27)19(28)26-16-8-9-29-17-7-2-1-6-14(16)17/h1-7,10-11,16H,8-9H2,(H,26,28). The lowest BCUT2D eigenvalue weighted by Gasteiger charge is -2.26. The molecule has 0 bridgehead atoms. The van der Waals surface area contributed by atoms with Crippen LogP contribution in [0.1, 0.15) is 34.1 Å². The molecule has 1 N–H and O–H groups in total. The lowest BCUT2D eigenvalue weighted by molar-refractivity contribution is -0.143. The summed E-state index contributed by atoms with van der Waals surface area (Å²) in [5.74, 6) is -0.248. The Bertz CT molecular complexity index is 1070. The van der Waals surface area contributed by atoms with E-state index in [1.807, 2.05) is 0 Å². The smallest absolute Gasteiger partial charge is 0.434 e. The summed E-state index contributed by atoms with van der Waals surface area (Å²) in [5, 5.41) is 6.75. The highest BCUT2D eigenvalue weighted by atomic mass is 35.5. The Morgan fingerprint density at radius 2 is 2.00 bits per heavy atom. The first-order valence-corrected chi connectivity index (χ1v) is 9.16. The molecular formula is C20H15ClF3N3O2. The van der Waals surface area contributed by atoms with E-state index >= 15 is 0 Å². The van der Waals surface area contributed by atoms with Gasteiger partial charge in [-0.25, -0.2) is 4.68 Å². The lowest BCUT2D eigenvalue weighted by atomic mass is 10.00. The van der Waals surface area contributed by atoms with Crippen LogP contribution in [-0.4, -0.2) is 22.3 Å². The van der Waals surface area contributed by atoms with Crippen LogP contribution in [0, 0.1) is 0 Å². The van der Waals surface area contributed by atoms with Gasteiger partial charge in [0.2, 0.25) is 0 Å². The van der Waals surface area contributed by atoms with Gasteiger partial charge in [0.25, 0.3) is 5.91 Å². The van der Waals surface area contributed by atoms with Gasteiger partial charge in [0.05, 0.1) is 30.1 Å². The van der Waals surface area contributed by atoms with E-state index in [9.17, 15) is 18.0 Å². The number of rotatable bonds is 3. The Labute approximate surface area is 169 Å². The second-order valence-electron chi connectivity index (χ2n) is 6.50. The van der Waals surface area contributed by atoms with Gasteiger partial charge in [0.1, 0.15) is 5.75 Å². The molecule has 3 aromatic rings. The Morgan fingerprint density at radius 3 is 2.76 bits per heavy atom. The fourth-order valence-corrected chi connectivity index (χ4v) is 3.50. The molecule has 0 aliphatic carbocycles. The van der Waals surface area contributed by atoms with Gasteiger partial charge in [0.15, 0.2) is 5.69 Å². The van der Waals surface area contributed by atoms with E-state index in [0.717, 1.165) is 11.8 Å². The average Bonchev–Trinajstić information content (AvgIpc) is 3.14. The predicted octanol–water partition coefficient (Wildman–Crippen LogP) is 4.80. The van der Waals surface area contributed by atoms with Crippen LogP contribution >= 0.6 is 11.6 Å². The number of carbonyl (C=O) groups excluding carboxylic acids is 1. The van der Waals surface area contributed by atoms with Gasteiger partial charge in [-0.1, -0.05) is 35.9 Å². The number of nitrogens with zero attached hydrogens (tertiary/aromatic N) is 2. The van der Waals surface area contributed by atoms with Gasteiger partial charge in [0, 0.05) is 17.0 Å². The normalized spacial score (nSPS) is 16.1. The summed E-state index contributed by atoms with van der Waals surface area (Å²) in [4.78, 5) is 12.8. The fraction of sp³-hybridized carbons (Fsp3) is 0.200. The number of amides is 1. The van der Waals surface area contributed by atoms with Crippen LogP contribution in [-0.2, 0) is 6.18 Å². The summed E-state index contributed by atoms with van der Waals surface area (Å²) in [7, 11) is 0. The number of hydrogen-bond donors (Lipinski definition) is 1. The van der Waals surface area contributed by atoms with Crippen LogP contribution in [0.4, 0.5) is 13.2 Å². The molecule has 0 fully saturated rings. The number of nitrogens with one attached hydrogen (secondary N) is 1. The second-order valence-corrected chi connectivity index (χ2v) is 6.93. The summed E-state index contributed by atoms with van der Waals surface area (Å²) in [6.45, 7) is 0.357. The Morgan fingerprint density at radius 1 is 1.21 bits per heavy atom. The van der Waals surface area contributed by atoms with Crippen molar-refractivity contribution in [2.75, 3.05) is 6.61 Å². The molecule has 0 saturated carbocycles. The molecule has 1 amide bonds. The fourth-order valence-electron chi connectivity index (χ4n) is 3.32. The zero-order chi connectivity index (χ0) is 20.6. The molecule has 150 valence electrons. The minimum atomic E-state index is -4.79. The molecule has 1 unspecified atom stereocenters. The first-order chi connectivity index (χ1) is 13.8. The quantitative estimate of drug-likeness (QED) is 0.661. The van der Waals surface area contributed by atoms with Gasteiger partial charge in [-0.15, -0.1) is 0 Å². The van der Waals surface area contributed by atoms with Gasteiger partial charge in [-0.2, -0.15) is 18.3 Å². The first-order valence-electron chi connectivity index (χ1n) is 8.78. The van der Waals surface area contributed by atoms with Gasteiger partial charge in [-0.05, 0) is 24.3 Å². The maximum Gasteiger partial charge on any atom is 0.434 e. The van der Waals surface area contributed by atoms with Crippen LogP contribution in [0.25, 0.3) is 5.69 Å². The number of fused-ring (bicyclic) bond motifs is 1. The number of para-hydroxylation sites is 1. The molecule has 4 rings (SSSR count). The minimum absolute atomic E-state index is 0.111. The van der Waals surface area contributed by atoms with Crippen molar-refractivity contribution in [3.8, 4) is 11.4 Å². The maximum atomic E-state index is 13.8. The van der Waals surface area contributed by atoms with Gasteiger partial charge in [-0.3, -0.25) is 4.79 Å². The van der Waals surface area contributed by atoms with Crippen LogP contribution < -0.4 is 10.1 Å². The molecule has 1 aromatic heterocycles. The van der Waals surface area contributed by atoms with Crippen molar-refractivity contribution >= 4 is 17.5 Å². The van der Waals surface area contributed by atoms with Crippen molar-refractivity contribution in [3.05, 3.63) is 76.6 Å². The van der Waals surface area contributed by atoms with Gasteiger partial charge >= 0.3 is 6.18 Å². The molecule has 0 spiro atoms. The summed E-state index contributed by atoms with van der Waals surface area (Å²) in [6, 6.07) is 12.5. The molecule has 1 aliphatic heterocycles. The topological polar surface area (TPSA) is 56.1 Å². The number of carbonyl (C=O) groups is 1. The Kier molecular flexibility index (Phi) is 4.96. The third-order valence-electron chi connectivity index (χ3n) is 4.60. The van der Waals surface area contributed by atoms with Crippen molar-refractivity contribution in [3.63, 3.8) is 0 Å². The number of benzene rings is 2. The second kappa shape index (κ2) is 7.44. The Hall–Kier alpha value is -3.00. The zero-order valence-corrected chi connectivity index (χ0v) is 15.7. The number of halogens is 4. The predicted molar refractivity (Wildman–Crippen MR) is 100 cm³/mol. The van der Waals surface area contributed by atoms with E-state index in [-0.39, 0.29) is 10.7 Å². The van der Waals surface area contributed by atoms with Crippen LogP contribution in [0.15, 0.2) is 54.7 Å². The summed E-state index contributed by atoms with van der Waals surface area (Å²) in [6.07, 6.45) is -3.42. The van der Waals surface area contributed by atoms with Crippen molar-refractivity contribution < 1.29 is 22.7 Å². The molecule has 9 heteroatoms. The number of hydrogen-bond acceptors (Lipinski definition) is 3. The van der Waals surface area contributed by atoms with Crippen LogP contribution in [0.2, 0.25) is 5.02 Å². The Balaban J connectivity index is 1.70. The minimum Gasteiger partial charge on any atom is -0.493 e. The molecule has 0 radical (unpaired) electrons. The molecule has 1 aliphatic rings. The third kappa shape index (κ3) is 3.80. The van der Waals surface area contributed by atoms with E-state index in [1.165, 1.54) is 24.3 Å².